The van der Waals surface area contributed by atoms with Gasteiger partial charge >= 0.3 is 0 Å². The van der Waals surface area contributed by atoms with Crippen molar-refractivity contribution < 1.29 is 0 Å². The highest BCUT2D eigenvalue weighted by Gasteiger charge is 2.43. The van der Waals surface area contributed by atoms with E-state index in [4.69, 9.17) is 0 Å². The Bertz CT molecular complexity index is 159. The largest absolute Gasteiger partial charge is 0.0528 e. The number of rotatable bonds is 0. The highest BCUT2D eigenvalue weighted by atomic mass is 14.5. The third-order valence-corrected chi connectivity index (χ3v) is 4.54. The van der Waals surface area contributed by atoms with Gasteiger partial charge in [0.15, 0.2) is 0 Å². The van der Waals surface area contributed by atoms with Crippen molar-refractivity contribution in [2.45, 2.75) is 44.9 Å². The standard InChI is InChI=1S/C11H18/c1-2-8-6-9(3-1)11-5-4-10(11)7-8/h8-11H,1-7H2. The fourth-order valence-electron chi connectivity index (χ4n) is 3.87. The van der Waals surface area contributed by atoms with E-state index in [9.17, 15) is 0 Å². The van der Waals surface area contributed by atoms with Crippen molar-refractivity contribution in [2.24, 2.45) is 23.7 Å². The average molecular weight is 150 g/mol. The van der Waals surface area contributed by atoms with Crippen molar-refractivity contribution in [3.05, 3.63) is 0 Å². The van der Waals surface area contributed by atoms with Gasteiger partial charge in [-0.3, -0.25) is 0 Å². The van der Waals surface area contributed by atoms with Gasteiger partial charge in [-0.2, -0.15) is 0 Å². The molecule has 0 aromatic rings. The maximum atomic E-state index is 1.61. The second kappa shape index (κ2) is 2.24. The zero-order chi connectivity index (χ0) is 7.26. The normalized spacial score (nSPS) is 54.5. The molecule has 0 saturated heterocycles. The summed E-state index contributed by atoms with van der Waals surface area (Å²) >= 11 is 0. The van der Waals surface area contributed by atoms with Crippen LogP contribution in [0.4, 0.5) is 0 Å². The first kappa shape index (κ1) is 6.51. The van der Waals surface area contributed by atoms with Crippen LogP contribution in [0.15, 0.2) is 0 Å². The van der Waals surface area contributed by atoms with E-state index in [2.05, 4.69) is 0 Å². The Morgan fingerprint density at radius 3 is 2.27 bits per heavy atom. The summed E-state index contributed by atoms with van der Waals surface area (Å²) in [6.45, 7) is 0. The smallest absolute Gasteiger partial charge is 0.0357 e. The van der Waals surface area contributed by atoms with Gasteiger partial charge in [-0.1, -0.05) is 19.3 Å². The fraction of sp³-hybridized carbons (Fsp3) is 1.00. The molecule has 3 aliphatic carbocycles. The van der Waals surface area contributed by atoms with E-state index < -0.39 is 0 Å². The van der Waals surface area contributed by atoms with Crippen LogP contribution in [0.5, 0.6) is 0 Å². The Morgan fingerprint density at radius 2 is 1.55 bits per heavy atom. The maximum absolute atomic E-state index is 1.61. The lowest BCUT2D eigenvalue weighted by molar-refractivity contribution is -0.00688. The van der Waals surface area contributed by atoms with Gasteiger partial charge in [-0.15, -0.1) is 0 Å². The molecular formula is C11H18. The second-order valence-corrected chi connectivity index (χ2v) is 5.03. The zero-order valence-electron chi connectivity index (χ0n) is 7.26. The van der Waals surface area contributed by atoms with Crippen molar-refractivity contribution >= 4 is 0 Å². The molecule has 0 heterocycles. The van der Waals surface area contributed by atoms with E-state index in [0.29, 0.717) is 0 Å². The molecule has 0 nitrogen and oxygen atoms in total. The zero-order valence-corrected chi connectivity index (χ0v) is 7.26. The van der Waals surface area contributed by atoms with E-state index in [-0.39, 0.29) is 0 Å². The Balaban J connectivity index is 1.79. The van der Waals surface area contributed by atoms with Crippen molar-refractivity contribution in [3.8, 4) is 0 Å². The van der Waals surface area contributed by atoms with Gasteiger partial charge in [0.2, 0.25) is 0 Å². The SMILES string of the molecule is C1CC2CC(C1)C1CCC1C2. The summed E-state index contributed by atoms with van der Waals surface area (Å²) in [5.41, 5.74) is 0. The van der Waals surface area contributed by atoms with E-state index in [0.717, 1.165) is 5.92 Å². The van der Waals surface area contributed by atoms with Gasteiger partial charge in [-0.25, -0.2) is 0 Å². The number of fused-ring (bicyclic) bond motifs is 4. The summed E-state index contributed by atoms with van der Waals surface area (Å²) in [6, 6.07) is 0. The molecule has 0 amide bonds. The molecule has 4 unspecified atom stereocenters. The van der Waals surface area contributed by atoms with E-state index in [1.165, 1.54) is 17.8 Å². The summed E-state index contributed by atoms with van der Waals surface area (Å²) in [7, 11) is 0. The summed E-state index contributed by atoms with van der Waals surface area (Å²) < 4.78 is 0. The first-order valence-corrected chi connectivity index (χ1v) is 5.43. The molecule has 0 aliphatic heterocycles. The molecule has 3 aliphatic rings. The first-order valence-electron chi connectivity index (χ1n) is 5.43. The minimum Gasteiger partial charge on any atom is -0.0528 e. The molecule has 4 atom stereocenters. The molecule has 0 heteroatoms. The number of hydrogen-bond donors (Lipinski definition) is 0. The van der Waals surface area contributed by atoms with Gasteiger partial charge in [0, 0.05) is 0 Å². The van der Waals surface area contributed by atoms with Crippen LogP contribution in [0.25, 0.3) is 0 Å². The molecule has 0 spiro atoms. The van der Waals surface area contributed by atoms with Crippen LogP contribution in [0.3, 0.4) is 0 Å². The van der Waals surface area contributed by atoms with Crippen LogP contribution in [-0.2, 0) is 0 Å². The van der Waals surface area contributed by atoms with Crippen LogP contribution >= 0.6 is 0 Å². The Kier molecular flexibility index (Phi) is 1.33. The lowest BCUT2D eigenvalue weighted by atomic mass is 9.54. The summed E-state index contributed by atoms with van der Waals surface area (Å²) in [5, 5.41) is 0. The molecule has 0 radical (unpaired) electrons. The van der Waals surface area contributed by atoms with Crippen molar-refractivity contribution in [1.82, 2.24) is 0 Å². The van der Waals surface area contributed by atoms with Gasteiger partial charge < -0.3 is 0 Å². The molecule has 3 fully saturated rings. The lowest BCUT2D eigenvalue weighted by Crippen LogP contribution is -2.41. The van der Waals surface area contributed by atoms with Gasteiger partial charge in [0.05, 0.1) is 0 Å². The Labute approximate surface area is 69.4 Å². The van der Waals surface area contributed by atoms with Crippen molar-refractivity contribution in [1.29, 1.82) is 0 Å². The van der Waals surface area contributed by atoms with Gasteiger partial charge in [0.1, 0.15) is 0 Å². The topological polar surface area (TPSA) is 0 Å². The first-order chi connectivity index (χ1) is 5.43. The minimum atomic E-state index is 1.16. The third-order valence-electron chi connectivity index (χ3n) is 4.54. The summed E-state index contributed by atoms with van der Waals surface area (Å²) in [6.07, 6.45) is 11.1. The predicted octanol–water partition coefficient (Wildman–Crippen LogP) is 3.22. The van der Waals surface area contributed by atoms with Crippen LogP contribution in [0, 0.1) is 23.7 Å². The molecule has 0 aromatic carbocycles. The minimum absolute atomic E-state index is 1.16. The number of hydrogen-bond acceptors (Lipinski definition) is 0. The molecule has 3 rings (SSSR count). The average Bonchev–Trinajstić information content (AvgIpc) is 1.97. The van der Waals surface area contributed by atoms with Crippen LogP contribution in [0.2, 0.25) is 0 Å². The quantitative estimate of drug-likeness (QED) is 0.497. The van der Waals surface area contributed by atoms with E-state index in [1.54, 1.807) is 44.9 Å². The molecular weight excluding hydrogens is 132 g/mol. The fourth-order valence-corrected chi connectivity index (χ4v) is 3.87. The molecule has 0 N–H and O–H groups in total. The van der Waals surface area contributed by atoms with Crippen LogP contribution < -0.4 is 0 Å². The Morgan fingerprint density at radius 1 is 0.727 bits per heavy atom. The van der Waals surface area contributed by atoms with Crippen LogP contribution in [-0.4, -0.2) is 0 Å². The highest BCUT2D eigenvalue weighted by molar-refractivity contribution is 4.94. The monoisotopic (exact) mass is 150 g/mol. The maximum Gasteiger partial charge on any atom is -0.0357 e. The molecule has 11 heavy (non-hydrogen) atoms. The van der Waals surface area contributed by atoms with Crippen LogP contribution in [0.1, 0.15) is 44.9 Å². The summed E-state index contributed by atoms with van der Waals surface area (Å²) in [5.74, 6) is 4.74. The van der Waals surface area contributed by atoms with E-state index in [1.807, 2.05) is 0 Å². The van der Waals surface area contributed by atoms with Crippen molar-refractivity contribution in [3.63, 3.8) is 0 Å². The molecule has 62 valence electrons. The van der Waals surface area contributed by atoms with Gasteiger partial charge in [-0.05, 0) is 49.4 Å². The second-order valence-electron chi connectivity index (χ2n) is 5.03. The predicted molar refractivity (Wildman–Crippen MR) is 46.3 cm³/mol. The molecule has 0 aromatic heterocycles. The third kappa shape index (κ3) is 0.878. The molecule has 2 bridgehead atoms. The Hall–Kier alpha value is 0. The summed E-state index contributed by atoms with van der Waals surface area (Å²) in [4.78, 5) is 0. The van der Waals surface area contributed by atoms with Gasteiger partial charge in [0.25, 0.3) is 0 Å². The van der Waals surface area contributed by atoms with Crippen molar-refractivity contribution in [2.75, 3.05) is 0 Å². The van der Waals surface area contributed by atoms with E-state index >= 15 is 0 Å². The molecule has 3 saturated carbocycles. The highest BCUT2D eigenvalue weighted by Crippen LogP contribution is 2.54. The lowest BCUT2D eigenvalue weighted by Gasteiger charge is -2.51.